The number of carbonyl (C=O) groups is 1. The molecule has 4 aromatic rings. The zero-order valence-corrected chi connectivity index (χ0v) is 19.4. The van der Waals surface area contributed by atoms with Crippen molar-refractivity contribution in [3.8, 4) is 0 Å². The molecule has 0 fully saturated rings. The number of halogens is 2. The van der Waals surface area contributed by atoms with E-state index in [0.29, 0.717) is 17.5 Å². The van der Waals surface area contributed by atoms with Gasteiger partial charge in [-0.25, -0.2) is 9.37 Å². The van der Waals surface area contributed by atoms with E-state index in [9.17, 15) is 9.18 Å². The van der Waals surface area contributed by atoms with Crippen molar-refractivity contribution >= 4 is 46.3 Å². The molecule has 0 saturated heterocycles. The Morgan fingerprint density at radius 2 is 1.53 bits per heavy atom. The summed E-state index contributed by atoms with van der Waals surface area (Å²) in [6, 6.07) is 21.3. The van der Waals surface area contributed by atoms with Gasteiger partial charge in [-0.2, -0.15) is 4.98 Å². The predicted molar refractivity (Wildman–Crippen MR) is 135 cm³/mol. The Hall–Kier alpha value is -3.97. The lowest BCUT2D eigenvalue weighted by Crippen LogP contribution is -2.15. The predicted octanol–water partition coefficient (Wildman–Crippen LogP) is 6.55. The summed E-state index contributed by atoms with van der Waals surface area (Å²) in [7, 11) is 0. The van der Waals surface area contributed by atoms with E-state index in [1.807, 2.05) is 56.3 Å². The number of rotatable bonds is 7. The third-order valence-corrected chi connectivity index (χ3v) is 5.36. The van der Waals surface area contributed by atoms with Crippen molar-refractivity contribution in [1.82, 2.24) is 9.97 Å². The van der Waals surface area contributed by atoms with Gasteiger partial charge in [0.15, 0.2) is 0 Å². The molecule has 1 amide bonds. The van der Waals surface area contributed by atoms with Crippen LogP contribution < -0.4 is 16.0 Å². The van der Waals surface area contributed by atoms with Crippen LogP contribution in [0.2, 0.25) is 5.02 Å². The number of benzene rings is 3. The van der Waals surface area contributed by atoms with Gasteiger partial charge in [0, 0.05) is 39.4 Å². The molecule has 0 saturated carbocycles. The molecular weight excluding hydrogens is 453 g/mol. The molecule has 3 N–H and O–H groups in total. The molecule has 0 aliphatic rings. The first-order valence-corrected chi connectivity index (χ1v) is 11.0. The standard InChI is InChI=1S/C26H23ClFN5O/c1-16-6-8-20(9-7-16)32-26-29-17(2)14-24(33-26)30-18-10-12-19(13-11-18)31-25(34)15-21-22(27)4-3-5-23(21)28/h3-14H,15H2,1-2H3,(H,31,34)(H2,29,30,32,33). The van der Waals surface area contributed by atoms with Gasteiger partial charge >= 0.3 is 0 Å². The first-order valence-electron chi connectivity index (χ1n) is 10.6. The lowest BCUT2D eigenvalue weighted by molar-refractivity contribution is -0.115. The number of aromatic nitrogens is 2. The number of hydrogen-bond acceptors (Lipinski definition) is 5. The highest BCUT2D eigenvalue weighted by Gasteiger charge is 2.12. The third kappa shape index (κ3) is 6.08. The van der Waals surface area contributed by atoms with Gasteiger partial charge < -0.3 is 16.0 Å². The van der Waals surface area contributed by atoms with Gasteiger partial charge in [0.05, 0.1) is 6.42 Å². The first kappa shape index (κ1) is 23.2. The van der Waals surface area contributed by atoms with Crippen LogP contribution in [0.1, 0.15) is 16.8 Å². The minimum Gasteiger partial charge on any atom is -0.340 e. The lowest BCUT2D eigenvalue weighted by Gasteiger charge is -2.11. The van der Waals surface area contributed by atoms with E-state index in [1.54, 1.807) is 18.2 Å². The first-order chi connectivity index (χ1) is 16.4. The Balaban J connectivity index is 1.40. The number of anilines is 5. The molecule has 0 bridgehead atoms. The number of amides is 1. The van der Waals surface area contributed by atoms with Gasteiger partial charge in [-0.15, -0.1) is 0 Å². The molecule has 4 rings (SSSR count). The monoisotopic (exact) mass is 475 g/mol. The van der Waals surface area contributed by atoms with Gasteiger partial charge in [-0.05, 0) is 62.4 Å². The van der Waals surface area contributed by atoms with Crippen LogP contribution in [-0.2, 0) is 11.2 Å². The fraction of sp³-hybridized carbons (Fsp3) is 0.115. The zero-order valence-electron chi connectivity index (χ0n) is 18.7. The molecule has 0 atom stereocenters. The SMILES string of the molecule is Cc1ccc(Nc2nc(C)cc(Nc3ccc(NC(=O)Cc4c(F)cccc4Cl)cc3)n2)cc1. The van der Waals surface area contributed by atoms with Crippen LogP contribution in [-0.4, -0.2) is 15.9 Å². The van der Waals surface area contributed by atoms with E-state index in [0.717, 1.165) is 17.1 Å². The zero-order chi connectivity index (χ0) is 24.1. The van der Waals surface area contributed by atoms with Gasteiger partial charge in [0.1, 0.15) is 11.6 Å². The summed E-state index contributed by atoms with van der Waals surface area (Å²) in [6.07, 6.45) is -0.150. The fourth-order valence-corrected chi connectivity index (χ4v) is 3.54. The highest BCUT2D eigenvalue weighted by atomic mass is 35.5. The summed E-state index contributed by atoms with van der Waals surface area (Å²) in [5.41, 5.74) is 4.43. The van der Waals surface area contributed by atoms with E-state index in [-0.39, 0.29) is 22.9 Å². The van der Waals surface area contributed by atoms with Crippen molar-refractivity contribution in [3.63, 3.8) is 0 Å². The van der Waals surface area contributed by atoms with Crippen molar-refractivity contribution in [3.05, 3.63) is 100 Å². The topological polar surface area (TPSA) is 78.9 Å². The molecule has 34 heavy (non-hydrogen) atoms. The van der Waals surface area contributed by atoms with Crippen LogP contribution >= 0.6 is 11.6 Å². The van der Waals surface area contributed by atoms with Gasteiger partial charge in [0.2, 0.25) is 11.9 Å². The van der Waals surface area contributed by atoms with Gasteiger partial charge in [-0.1, -0.05) is 35.4 Å². The van der Waals surface area contributed by atoms with Gasteiger partial charge in [-0.3, -0.25) is 4.79 Å². The van der Waals surface area contributed by atoms with Crippen molar-refractivity contribution in [2.45, 2.75) is 20.3 Å². The van der Waals surface area contributed by atoms with Crippen LogP contribution in [0, 0.1) is 19.7 Å². The second-order valence-electron chi connectivity index (χ2n) is 7.84. The Morgan fingerprint density at radius 1 is 0.882 bits per heavy atom. The Labute approximate surface area is 202 Å². The summed E-state index contributed by atoms with van der Waals surface area (Å²) in [5, 5.41) is 9.44. The molecule has 172 valence electrons. The summed E-state index contributed by atoms with van der Waals surface area (Å²) in [4.78, 5) is 21.3. The molecule has 0 radical (unpaired) electrons. The molecular formula is C26H23ClFN5O. The van der Waals surface area contributed by atoms with E-state index in [4.69, 9.17) is 11.6 Å². The minimum atomic E-state index is -0.501. The Morgan fingerprint density at radius 3 is 2.24 bits per heavy atom. The number of aryl methyl sites for hydroxylation is 2. The quantitative estimate of drug-likeness (QED) is 0.282. The van der Waals surface area contributed by atoms with E-state index < -0.39 is 5.82 Å². The van der Waals surface area contributed by atoms with Crippen molar-refractivity contribution in [2.24, 2.45) is 0 Å². The highest BCUT2D eigenvalue weighted by molar-refractivity contribution is 6.31. The molecule has 8 heteroatoms. The maximum Gasteiger partial charge on any atom is 0.229 e. The number of nitrogens with zero attached hydrogens (tertiary/aromatic N) is 2. The Bertz CT molecular complexity index is 1290. The minimum absolute atomic E-state index is 0.150. The maximum atomic E-state index is 13.9. The highest BCUT2D eigenvalue weighted by Crippen LogP contribution is 2.22. The molecule has 0 aliphatic carbocycles. The maximum absolute atomic E-state index is 13.9. The molecule has 1 heterocycles. The molecule has 3 aromatic carbocycles. The average molecular weight is 476 g/mol. The molecule has 1 aromatic heterocycles. The summed E-state index contributed by atoms with van der Waals surface area (Å²) in [6.45, 7) is 3.93. The molecule has 0 unspecified atom stereocenters. The summed E-state index contributed by atoms with van der Waals surface area (Å²) >= 11 is 6.00. The average Bonchev–Trinajstić information content (AvgIpc) is 2.79. The van der Waals surface area contributed by atoms with Crippen molar-refractivity contribution < 1.29 is 9.18 Å². The molecule has 0 spiro atoms. The fourth-order valence-electron chi connectivity index (χ4n) is 3.31. The van der Waals surface area contributed by atoms with Crippen LogP contribution in [0.4, 0.5) is 33.2 Å². The summed E-state index contributed by atoms with van der Waals surface area (Å²) < 4.78 is 13.9. The Kier molecular flexibility index (Phi) is 7.04. The van der Waals surface area contributed by atoms with E-state index >= 15 is 0 Å². The van der Waals surface area contributed by atoms with Crippen molar-refractivity contribution in [2.75, 3.05) is 16.0 Å². The van der Waals surface area contributed by atoms with Crippen LogP contribution in [0.3, 0.4) is 0 Å². The second-order valence-corrected chi connectivity index (χ2v) is 8.24. The molecule has 6 nitrogen and oxygen atoms in total. The smallest absolute Gasteiger partial charge is 0.229 e. The van der Waals surface area contributed by atoms with Crippen LogP contribution in [0.5, 0.6) is 0 Å². The number of nitrogens with one attached hydrogen (secondary N) is 3. The normalized spacial score (nSPS) is 10.6. The molecule has 0 aliphatic heterocycles. The van der Waals surface area contributed by atoms with E-state index in [2.05, 4.69) is 25.9 Å². The number of carbonyl (C=O) groups excluding carboxylic acids is 1. The van der Waals surface area contributed by atoms with E-state index in [1.165, 1.54) is 17.7 Å². The van der Waals surface area contributed by atoms with Gasteiger partial charge in [0.25, 0.3) is 0 Å². The summed E-state index contributed by atoms with van der Waals surface area (Å²) in [5.74, 6) is 0.264. The third-order valence-electron chi connectivity index (χ3n) is 5.00. The second kappa shape index (κ2) is 10.3. The van der Waals surface area contributed by atoms with Crippen LogP contribution in [0.15, 0.2) is 72.8 Å². The largest absolute Gasteiger partial charge is 0.340 e. The lowest BCUT2D eigenvalue weighted by atomic mass is 10.1. The number of hydrogen-bond donors (Lipinski definition) is 3. The van der Waals surface area contributed by atoms with Crippen LogP contribution in [0.25, 0.3) is 0 Å². The van der Waals surface area contributed by atoms with Crippen molar-refractivity contribution in [1.29, 1.82) is 0 Å².